The van der Waals surface area contributed by atoms with Gasteiger partial charge in [-0.3, -0.25) is 4.79 Å². The minimum absolute atomic E-state index is 0.0709. The van der Waals surface area contributed by atoms with Crippen LogP contribution < -0.4 is 10.1 Å². The van der Waals surface area contributed by atoms with Crippen LogP contribution in [0.15, 0.2) is 28.8 Å². The normalized spacial score (nSPS) is 17.5. The van der Waals surface area contributed by atoms with E-state index in [2.05, 4.69) is 10.5 Å². The number of aromatic nitrogens is 1. The molecular weight excluding hydrogens is 284 g/mol. The molecule has 1 saturated heterocycles. The number of nitrogens with zero attached hydrogens (tertiary/aromatic N) is 1. The van der Waals surface area contributed by atoms with Crippen molar-refractivity contribution >= 4 is 11.6 Å². The predicted molar refractivity (Wildman–Crippen MR) is 80.2 cm³/mol. The van der Waals surface area contributed by atoms with Crippen molar-refractivity contribution in [2.75, 3.05) is 18.5 Å². The Bertz CT molecular complexity index is 675. The van der Waals surface area contributed by atoms with Crippen LogP contribution in [0.1, 0.15) is 28.2 Å². The van der Waals surface area contributed by atoms with Crippen molar-refractivity contribution in [1.82, 2.24) is 5.16 Å². The summed E-state index contributed by atoms with van der Waals surface area (Å²) in [6, 6.07) is 7.15. The Kier molecular flexibility index (Phi) is 4.11. The fraction of sp³-hybridized carbons (Fsp3) is 0.375. The number of aryl methyl sites for hydroxylation is 2. The largest absolute Gasteiger partial charge is 0.488 e. The molecule has 1 aliphatic heterocycles. The number of hydrogen-bond acceptors (Lipinski definition) is 5. The maximum atomic E-state index is 12.1. The zero-order valence-electron chi connectivity index (χ0n) is 12.6. The number of benzene rings is 1. The van der Waals surface area contributed by atoms with Gasteiger partial charge >= 0.3 is 0 Å². The van der Waals surface area contributed by atoms with Gasteiger partial charge in [-0.1, -0.05) is 11.2 Å². The maximum absolute atomic E-state index is 12.1. The molecule has 0 bridgehead atoms. The highest BCUT2D eigenvalue weighted by Gasteiger charge is 2.18. The molecule has 1 aromatic carbocycles. The number of anilines is 1. The first-order valence-corrected chi connectivity index (χ1v) is 7.21. The molecule has 0 radical (unpaired) electrons. The van der Waals surface area contributed by atoms with E-state index in [1.807, 2.05) is 25.1 Å². The van der Waals surface area contributed by atoms with E-state index in [-0.39, 0.29) is 17.8 Å². The second-order valence-corrected chi connectivity index (χ2v) is 5.37. The smallest absolute Gasteiger partial charge is 0.294 e. The molecule has 0 aliphatic carbocycles. The molecule has 1 aromatic heterocycles. The van der Waals surface area contributed by atoms with E-state index in [1.54, 1.807) is 13.0 Å². The molecule has 1 amide bonds. The fourth-order valence-corrected chi connectivity index (χ4v) is 2.25. The van der Waals surface area contributed by atoms with Crippen LogP contribution in [-0.2, 0) is 4.74 Å². The topological polar surface area (TPSA) is 73.6 Å². The lowest BCUT2D eigenvalue weighted by Crippen LogP contribution is -2.17. The molecule has 22 heavy (non-hydrogen) atoms. The van der Waals surface area contributed by atoms with Crippen LogP contribution in [0, 0.1) is 13.8 Å². The SMILES string of the molecule is Cc1cc(C(=O)Nc2ccc(C)c(OC3CCOC3)c2)on1. The second-order valence-electron chi connectivity index (χ2n) is 5.37. The molecule has 1 fully saturated rings. The van der Waals surface area contributed by atoms with Crippen molar-refractivity contribution in [3.8, 4) is 5.75 Å². The van der Waals surface area contributed by atoms with Crippen LogP contribution in [0.4, 0.5) is 5.69 Å². The molecule has 1 atom stereocenters. The Morgan fingerprint density at radius 2 is 2.23 bits per heavy atom. The molecule has 2 aromatic rings. The number of ether oxygens (including phenoxy) is 2. The van der Waals surface area contributed by atoms with Gasteiger partial charge in [0.1, 0.15) is 11.9 Å². The van der Waals surface area contributed by atoms with E-state index >= 15 is 0 Å². The zero-order valence-corrected chi connectivity index (χ0v) is 12.6. The Labute approximate surface area is 128 Å². The van der Waals surface area contributed by atoms with Crippen molar-refractivity contribution in [3.05, 3.63) is 41.3 Å². The van der Waals surface area contributed by atoms with Gasteiger partial charge in [0.25, 0.3) is 5.91 Å². The first kappa shape index (κ1) is 14.6. The predicted octanol–water partition coefficient (Wildman–Crippen LogP) is 2.71. The Balaban J connectivity index is 1.72. The van der Waals surface area contributed by atoms with E-state index in [4.69, 9.17) is 14.0 Å². The summed E-state index contributed by atoms with van der Waals surface area (Å²) in [6.45, 7) is 5.07. The minimum Gasteiger partial charge on any atom is -0.488 e. The van der Waals surface area contributed by atoms with Gasteiger partial charge in [-0.15, -0.1) is 0 Å². The van der Waals surface area contributed by atoms with Crippen LogP contribution in [0.2, 0.25) is 0 Å². The highest BCUT2D eigenvalue weighted by Crippen LogP contribution is 2.25. The molecule has 0 saturated carbocycles. The van der Waals surface area contributed by atoms with Crippen molar-refractivity contribution < 1.29 is 18.8 Å². The average Bonchev–Trinajstić information content (AvgIpc) is 3.14. The van der Waals surface area contributed by atoms with E-state index in [9.17, 15) is 4.79 Å². The van der Waals surface area contributed by atoms with Gasteiger partial charge in [-0.25, -0.2) is 0 Å². The van der Waals surface area contributed by atoms with Crippen molar-refractivity contribution in [3.63, 3.8) is 0 Å². The zero-order chi connectivity index (χ0) is 15.5. The molecule has 1 aliphatic rings. The Morgan fingerprint density at radius 1 is 1.36 bits per heavy atom. The molecule has 6 heteroatoms. The molecule has 6 nitrogen and oxygen atoms in total. The summed E-state index contributed by atoms with van der Waals surface area (Å²) in [5.41, 5.74) is 2.33. The number of carbonyl (C=O) groups excluding carboxylic acids is 1. The molecule has 116 valence electrons. The third-order valence-electron chi connectivity index (χ3n) is 3.48. The highest BCUT2D eigenvalue weighted by atomic mass is 16.5. The third kappa shape index (κ3) is 3.28. The molecule has 1 unspecified atom stereocenters. The third-order valence-corrected chi connectivity index (χ3v) is 3.48. The second kappa shape index (κ2) is 6.19. The van der Waals surface area contributed by atoms with Gasteiger partial charge in [0.05, 0.1) is 18.9 Å². The fourth-order valence-electron chi connectivity index (χ4n) is 2.25. The van der Waals surface area contributed by atoms with Gasteiger partial charge < -0.3 is 19.3 Å². The van der Waals surface area contributed by atoms with Gasteiger partial charge in [0.2, 0.25) is 5.76 Å². The van der Waals surface area contributed by atoms with Gasteiger partial charge in [-0.05, 0) is 25.5 Å². The number of carbonyl (C=O) groups is 1. The summed E-state index contributed by atoms with van der Waals surface area (Å²) in [5.74, 6) is 0.603. The molecular formula is C16H18N2O4. The Hall–Kier alpha value is -2.34. The molecule has 0 spiro atoms. The minimum atomic E-state index is -0.334. The quantitative estimate of drug-likeness (QED) is 0.940. The standard InChI is InChI=1S/C16H18N2O4/c1-10-3-4-12(8-14(10)21-13-5-6-20-9-13)17-16(19)15-7-11(2)18-22-15/h3-4,7-8,13H,5-6,9H2,1-2H3,(H,17,19). The summed E-state index contributed by atoms with van der Waals surface area (Å²) >= 11 is 0. The number of nitrogens with one attached hydrogen (secondary N) is 1. The summed E-state index contributed by atoms with van der Waals surface area (Å²) in [6.07, 6.45) is 0.953. The van der Waals surface area contributed by atoms with Crippen molar-refractivity contribution in [2.24, 2.45) is 0 Å². The van der Waals surface area contributed by atoms with Crippen molar-refractivity contribution in [1.29, 1.82) is 0 Å². The van der Waals surface area contributed by atoms with Crippen LogP contribution in [0.5, 0.6) is 5.75 Å². The van der Waals surface area contributed by atoms with Crippen molar-refractivity contribution in [2.45, 2.75) is 26.4 Å². The summed E-state index contributed by atoms with van der Waals surface area (Å²) in [4.78, 5) is 12.1. The average molecular weight is 302 g/mol. The lowest BCUT2D eigenvalue weighted by Gasteiger charge is -2.15. The number of hydrogen-bond donors (Lipinski definition) is 1. The van der Waals surface area contributed by atoms with E-state index < -0.39 is 0 Å². The van der Waals surface area contributed by atoms with Gasteiger partial charge in [-0.2, -0.15) is 0 Å². The first-order valence-electron chi connectivity index (χ1n) is 7.21. The summed E-state index contributed by atoms with van der Waals surface area (Å²) < 4.78 is 16.2. The molecule has 3 rings (SSSR count). The van der Waals surface area contributed by atoms with Gasteiger partial charge in [0, 0.05) is 24.2 Å². The van der Waals surface area contributed by atoms with Crippen LogP contribution in [0.25, 0.3) is 0 Å². The molecule has 2 heterocycles. The lowest BCUT2D eigenvalue weighted by atomic mass is 10.2. The van der Waals surface area contributed by atoms with Crippen LogP contribution in [-0.4, -0.2) is 30.4 Å². The van der Waals surface area contributed by atoms with Crippen LogP contribution >= 0.6 is 0 Å². The summed E-state index contributed by atoms with van der Waals surface area (Å²) in [7, 11) is 0. The van der Waals surface area contributed by atoms with E-state index in [1.165, 1.54) is 0 Å². The van der Waals surface area contributed by atoms with E-state index in [0.29, 0.717) is 18.0 Å². The number of amides is 1. The maximum Gasteiger partial charge on any atom is 0.294 e. The highest BCUT2D eigenvalue weighted by molar-refractivity contribution is 6.02. The monoisotopic (exact) mass is 302 g/mol. The number of rotatable bonds is 4. The van der Waals surface area contributed by atoms with E-state index in [0.717, 1.165) is 24.3 Å². The molecule has 1 N–H and O–H groups in total. The van der Waals surface area contributed by atoms with Crippen LogP contribution in [0.3, 0.4) is 0 Å². The van der Waals surface area contributed by atoms with Gasteiger partial charge in [0.15, 0.2) is 0 Å². The first-order chi connectivity index (χ1) is 10.6. The summed E-state index contributed by atoms with van der Waals surface area (Å²) in [5, 5.41) is 6.49. The Morgan fingerprint density at radius 3 is 2.91 bits per heavy atom. The lowest BCUT2D eigenvalue weighted by molar-refractivity contribution is 0.0988.